The Morgan fingerprint density at radius 3 is 1.95 bits per heavy atom. The maximum Gasteiger partial charge on any atom is 0.337 e. The number of carboxylic acids is 2. The van der Waals surface area contributed by atoms with E-state index in [2.05, 4.69) is 4.98 Å². The Kier molecular flexibility index (Phi) is 12.3. The lowest BCUT2D eigenvalue weighted by molar-refractivity contribution is -0.138. The van der Waals surface area contributed by atoms with Crippen LogP contribution in [0, 0.1) is 0 Å². The van der Waals surface area contributed by atoms with Crippen LogP contribution in [0.1, 0.15) is 44.0 Å². The van der Waals surface area contributed by atoms with Crippen LogP contribution in [0.15, 0.2) is 24.5 Å². The van der Waals surface area contributed by atoms with Crippen LogP contribution in [-0.4, -0.2) is 32.9 Å². The summed E-state index contributed by atoms with van der Waals surface area (Å²) in [5.41, 5.74) is 0.220. The van der Waals surface area contributed by atoms with E-state index in [1.807, 2.05) is 13.8 Å². The number of carbonyl (C=O) groups is 3. The molecule has 6 nitrogen and oxygen atoms in total. The van der Waals surface area contributed by atoms with Crippen LogP contribution in [0.4, 0.5) is 0 Å². The topological polar surface area (TPSA) is 105 Å². The molecule has 0 aromatic carbocycles. The first-order valence-electron chi connectivity index (χ1n) is 5.78. The number of hydrogen-bond acceptors (Lipinski definition) is 4. The molecule has 0 aliphatic carbocycles. The monoisotopic (exact) mass is 269 g/mol. The van der Waals surface area contributed by atoms with Crippen molar-refractivity contribution in [1.29, 1.82) is 0 Å². The highest BCUT2D eigenvalue weighted by Crippen LogP contribution is 1.92. The van der Waals surface area contributed by atoms with Crippen molar-refractivity contribution in [1.82, 2.24) is 4.98 Å². The zero-order valence-electron chi connectivity index (χ0n) is 11.3. The fourth-order valence-electron chi connectivity index (χ4n) is 0.772. The first-order chi connectivity index (χ1) is 8.93. The minimum Gasteiger partial charge on any atom is -0.481 e. The lowest BCUT2D eigenvalue weighted by Crippen LogP contribution is -1.98. The van der Waals surface area contributed by atoms with Crippen LogP contribution in [0.25, 0.3) is 0 Å². The Morgan fingerprint density at radius 2 is 1.74 bits per heavy atom. The maximum atomic E-state index is 10.2. The third kappa shape index (κ3) is 13.7. The van der Waals surface area contributed by atoms with Crippen LogP contribution in [0.5, 0.6) is 0 Å². The Bertz CT molecular complexity index is 375. The molecule has 0 unspecified atom stereocenters. The SMILES string of the molecule is CC.CC(=O)CCC(=O)O.O=C(O)c1cccnc1. The number of aliphatic carboxylic acids is 1. The molecule has 0 bridgehead atoms. The molecule has 1 heterocycles. The molecule has 0 fully saturated rings. The maximum absolute atomic E-state index is 10.2. The number of aromatic nitrogens is 1. The van der Waals surface area contributed by atoms with Gasteiger partial charge in [0.2, 0.25) is 0 Å². The first-order valence-corrected chi connectivity index (χ1v) is 5.78. The average molecular weight is 269 g/mol. The number of pyridine rings is 1. The van der Waals surface area contributed by atoms with Crippen LogP contribution in [0.2, 0.25) is 0 Å². The molecule has 0 spiro atoms. The lowest BCUT2D eigenvalue weighted by Gasteiger charge is -1.87. The predicted octanol–water partition coefficient (Wildman–Crippen LogP) is 2.25. The van der Waals surface area contributed by atoms with Gasteiger partial charge in [-0.15, -0.1) is 0 Å². The standard InChI is InChI=1S/C6H5NO2.C5H8O3.C2H6/c8-6(9)5-2-1-3-7-4-5;1-4(6)2-3-5(7)8;1-2/h1-4H,(H,8,9);2-3H2,1H3,(H,7,8);1-2H3. The zero-order chi connectivity index (χ0) is 15.3. The van der Waals surface area contributed by atoms with E-state index in [4.69, 9.17) is 10.2 Å². The second kappa shape index (κ2) is 12.2. The molecule has 106 valence electrons. The van der Waals surface area contributed by atoms with Gasteiger partial charge in [0.1, 0.15) is 5.78 Å². The largest absolute Gasteiger partial charge is 0.481 e. The molecule has 1 aromatic rings. The van der Waals surface area contributed by atoms with Gasteiger partial charge in [-0.3, -0.25) is 9.78 Å². The summed E-state index contributed by atoms with van der Waals surface area (Å²) in [7, 11) is 0. The molecular formula is C13H19NO5. The highest BCUT2D eigenvalue weighted by atomic mass is 16.4. The number of ketones is 1. The predicted molar refractivity (Wildman–Crippen MR) is 70.1 cm³/mol. The van der Waals surface area contributed by atoms with Gasteiger partial charge in [-0.25, -0.2) is 4.79 Å². The number of aromatic carboxylic acids is 1. The molecule has 0 saturated carbocycles. The highest BCUT2D eigenvalue weighted by Gasteiger charge is 1.98. The van der Waals surface area contributed by atoms with Crippen LogP contribution < -0.4 is 0 Å². The Balaban J connectivity index is 0. The van der Waals surface area contributed by atoms with E-state index in [9.17, 15) is 14.4 Å². The van der Waals surface area contributed by atoms with Gasteiger partial charge in [-0.1, -0.05) is 13.8 Å². The van der Waals surface area contributed by atoms with Crippen LogP contribution in [-0.2, 0) is 9.59 Å². The zero-order valence-corrected chi connectivity index (χ0v) is 11.3. The number of carboxylic acid groups (broad SMARTS) is 2. The molecule has 0 saturated heterocycles. The third-order valence-electron chi connectivity index (χ3n) is 1.60. The average Bonchev–Trinajstić information content (AvgIpc) is 2.40. The molecular weight excluding hydrogens is 250 g/mol. The molecule has 6 heteroatoms. The highest BCUT2D eigenvalue weighted by molar-refractivity contribution is 5.86. The van der Waals surface area contributed by atoms with Crippen molar-refractivity contribution in [3.8, 4) is 0 Å². The number of nitrogens with zero attached hydrogens (tertiary/aromatic N) is 1. The molecule has 1 aromatic heterocycles. The molecule has 1 rings (SSSR count). The quantitative estimate of drug-likeness (QED) is 0.868. The van der Waals surface area contributed by atoms with Gasteiger partial charge < -0.3 is 15.0 Å². The van der Waals surface area contributed by atoms with Gasteiger partial charge in [0.15, 0.2) is 0 Å². The van der Waals surface area contributed by atoms with Crippen LogP contribution >= 0.6 is 0 Å². The van der Waals surface area contributed by atoms with Crippen molar-refractivity contribution >= 4 is 17.7 Å². The van der Waals surface area contributed by atoms with Crippen molar-refractivity contribution in [2.45, 2.75) is 33.6 Å². The van der Waals surface area contributed by atoms with E-state index in [-0.39, 0.29) is 24.2 Å². The number of rotatable bonds is 4. The summed E-state index contributed by atoms with van der Waals surface area (Å²) in [6.07, 6.45) is 2.94. The summed E-state index contributed by atoms with van der Waals surface area (Å²) in [6.45, 7) is 5.38. The fourth-order valence-corrected chi connectivity index (χ4v) is 0.772. The van der Waals surface area contributed by atoms with Crippen molar-refractivity contribution < 1.29 is 24.6 Å². The summed E-state index contributed by atoms with van der Waals surface area (Å²) in [4.78, 5) is 33.6. The van der Waals surface area contributed by atoms with Gasteiger partial charge in [-0.2, -0.15) is 0 Å². The minimum atomic E-state index is -0.942. The molecule has 0 atom stereocenters. The summed E-state index contributed by atoms with van der Waals surface area (Å²) in [5, 5.41) is 16.4. The summed E-state index contributed by atoms with van der Waals surface area (Å²) in [6, 6.07) is 3.08. The second-order valence-corrected chi connectivity index (χ2v) is 3.14. The summed E-state index contributed by atoms with van der Waals surface area (Å²) < 4.78 is 0. The van der Waals surface area contributed by atoms with E-state index in [1.54, 1.807) is 6.07 Å². The molecule has 0 radical (unpaired) electrons. The summed E-state index contributed by atoms with van der Waals surface area (Å²) in [5.74, 6) is -1.93. The van der Waals surface area contributed by atoms with E-state index >= 15 is 0 Å². The van der Waals surface area contributed by atoms with Gasteiger partial charge in [0.05, 0.1) is 12.0 Å². The molecule has 0 amide bonds. The Morgan fingerprint density at radius 1 is 1.16 bits per heavy atom. The van der Waals surface area contributed by atoms with Gasteiger partial charge in [-0.05, 0) is 19.1 Å². The first kappa shape index (κ1) is 19.1. The lowest BCUT2D eigenvalue weighted by atomic mass is 10.2. The van der Waals surface area contributed by atoms with Crippen molar-refractivity contribution in [2.24, 2.45) is 0 Å². The second-order valence-electron chi connectivity index (χ2n) is 3.14. The molecule has 19 heavy (non-hydrogen) atoms. The summed E-state index contributed by atoms with van der Waals surface area (Å²) >= 11 is 0. The van der Waals surface area contributed by atoms with E-state index in [0.29, 0.717) is 0 Å². The van der Waals surface area contributed by atoms with Crippen molar-refractivity contribution in [3.05, 3.63) is 30.1 Å². The molecule has 2 N–H and O–H groups in total. The van der Waals surface area contributed by atoms with Crippen molar-refractivity contribution in [2.75, 3.05) is 0 Å². The van der Waals surface area contributed by atoms with Gasteiger partial charge in [0, 0.05) is 18.8 Å². The number of carbonyl (C=O) groups excluding carboxylic acids is 1. The minimum absolute atomic E-state index is 0.0463. The van der Waals surface area contributed by atoms with Crippen molar-refractivity contribution in [3.63, 3.8) is 0 Å². The van der Waals surface area contributed by atoms with Gasteiger partial charge >= 0.3 is 11.9 Å². The van der Waals surface area contributed by atoms with E-state index < -0.39 is 11.9 Å². The third-order valence-corrected chi connectivity index (χ3v) is 1.60. The Labute approximate surface area is 112 Å². The Hall–Kier alpha value is -2.24. The number of Topliss-reactive ketones (excluding diaryl/α,β-unsaturated/α-hetero) is 1. The smallest absolute Gasteiger partial charge is 0.337 e. The normalized spacial score (nSPS) is 8.16. The fraction of sp³-hybridized carbons (Fsp3) is 0.385. The molecule has 0 aliphatic heterocycles. The van der Waals surface area contributed by atoms with E-state index in [1.165, 1.54) is 25.4 Å². The van der Waals surface area contributed by atoms with Gasteiger partial charge in [0.25, 0.3) is 0 Å². The van der Waals surface area contributed by atoms with E-state index in [0.717, 1.165) is 0 Å². The number of hydrogen-bond donors (Lipinski definition) is 2. The molecule has 0 aliphatic rings. The van der Waals surface area contributed by atoms with Crippen LogP contribution in [0.3, 0.4) is 0 Å².